The Morgan fingerprint density at radius 2 is 1.82 bits per heavy atom. The Kier molecular flexibility index (Phi) is 5.42. The van der Waals surface area contributed by atoms with Gasteiger partial charge in [0.2, 0.25) is 0 Å². The number of likely N-dealkylation sites (tertiary alicyclic amines) is 1. The third-order valence-corrected chi connectivity index (χ3v) is 5.63. The first-order valence-electron chi connectivity index (χ1n) is 9.79. The van der Waals surface area contributed by atoms with Gasteiger partial charge in [-0.3, -0.25) is 9.88 Å². The molecule has 4 rings (SSSR count). The molecule has 1 saturated heterocycles. The molecule has 1 fully saturated rings. The summed E-state index contributed by atoms with van der Waals surface area (Å²) in [6, 6.07) is 18.1. The summed E-state index contributed by atoms with van der Waals surface area (Å²) in [5, 5.41) is 18.9. The molecule has 1 aromatic heterocycles. The van der Waals surface area contributed by atoms with Gasteiger partial charge in [0, 0.05) is 24.8 Å². The minimum Gasteiger partial charge on any atom is -0.508 e. The second-order valence-electron chi connectivity index (χ2n) is 7.67. The van der Waals surface area contributed by atoms with Gasteiger partial charge in [0.1, 0.15) is 5.75 Å². The molecule has 1 aliphatic rings. The van der Waals surface area contributed by atoms with Crippen molar-refractivity contribution < 1.29 is 10.2 Å². The van der Waals surface area contributed by atoms with Gasteiger partial charge in [-0.2, -0.15) is 0 Å². The van der Waals surface area contributed by atoms with Gasteiger partial charge in [-0.25, -0.2) is 0 Å². The zero-order valence-electron chi connectivity index (χ0n) is 16.2. The molecule has 0 amide bonds. The van der Waals surface area contributed by atoms with Crippen LogP contribution in [0.2, 0.25) is 0 Å². The zero-order chi connectivity index (χ0) is 19.5. The summed E-state index contributed by atoms with van der Waals surface area (Å²) in [6.45, 7) is 5.03. The van der Waals surface area contributed by atoms with E-state index in [4.69, 9.17) is 0 Å². The van der Waals surface area contributed by atoms with Crippen molar-refractivity contribution in [2.24, 2.45) is 0 Å². The van der Waals surface area contributed by atoms with Crippen LogP contribution in [0, 0.1) is 6.92 Å². The number of rotatable bonds is 5. The van der Waals surface area contributed by atoms with Crippen LogP contribution in [0.5, 0.6) is 5.75 Å². The van der Waals surface area contributed by atoms with Crippen LogP contribution in [0.4, 0.5) is 0 Å². The molecule has 0 saturated carbocycles. The van der Waals surface area contributed by atoms with Crippen LogP contribution in [0.25, 0.3) is 11.3 Å². The molecular weight excluding hydrogens is 348 g/mol. The van der Waals surface area contributed by atoms with Crippen molar-refractivity contribution in [3.63, 3.8) is 0 Å². The normalized spacial score (nSPS) is 17.1. The lowest BCUT2D eigenvalue weighted by atomic mass is 9.97. The molecule has 1 atom stereocenters. The standard InChI is InChI=1S/C24H26N2O2/c1-17-12-19(4-7-24(17)28)14-26-11-9-22(15-26)21-8-10-25-23(13-21)20-5-2-18(16-27)3-6-20/h2-8,10,12-13,22,27-28H,9,11,14-16H2,1H3. The van der Waals surface area contributed by atoms with Crippen LogP contribution in [-0.2, 0) is 13.2 Å². The highest BCUT2D eigenvalue weighted by Gasteiger charge is 2.24. The van der Waals surface area contributed by atoms with Crippen molar-refractivity contribution in [1.82, 2.24) is 9.88 Å². The zero-order valence-corrected chi connectivity index (χ0v) is 16.2. The summed E-state index contributed by atoms with van der Waals surface area (Å²) < 4.78 is 0. The molecule has 4 heteroatoms. The number of nitrogens with zero attached hydrogens (tertiary/aromatic N) is 2. The molecule has 4 nitrogen and oxygen atoms in total. The number of phenols is 1. The van der Waals surface area contributed by atoms with Crippen LogP contribution in [-0.4, -0.2) is 33.2 Å². The molecule has 0 aliphatic carbocycles. The molecule has 144 valence electrons. The highest BCUT2D eigenvalue weighted by atomic mass is 16.3. The number of hydrogen-bond acceptors (Lipinski definition) is 4. The van der Waals surface area contributed by atoms with Crippen LogP contribution in [0.3, 0.4) is 0 Å². The molecule has 2 N–H and O–H groups in total. The summed E-state index contributed by atoms with van der Waals surface area (Å²) in [5.74, 6) is 0.871. The van der Waals surface area contributed by atoms with Crippen molar-refractivity contribution in [1.29, 1.82) is 0 Å². The molecule has 0 spiro atoms. The Labute approximate surface area is 166 Å². The summed E-state index contributed by atoms with van der Waals surface area (Å²) >= 11 is 0. The number of pyridine rings is 1. The molecule has 0 bridgehead atoms. The largest absolute Gasteiger partial charge is 0.508 e. The maximum atomic E-state index is 9.71. The predicted octanol–water partition coefficient (Wildman–Crippen LogP) is 4.24. The molecule has 2 heterocycles. The fraction of sp³-hybridized carbons (Fsp3) is 0.292. The predicted molar refractivity (Wildman–Crippen MR) is 111 cm³/mol. The number of aromatic hydroxyl groups is 1. The van der Waals surface area contributed by atoms with Gasteiger partial charge in [0.25, 0.3) is 0 Å². The maximum absolute atomic E-state index is 9.71. The lowest BCUT2D eigenvalue weighted by molar-refractivity contribution is 0.282. The van der Waals surface area contributed by atoms with Gasteiger partial charge >= 0.3 is 0 Å². The number of phenolic OH excluding ortho intramolecular Hbond substituents is 1. The number of benzene rings is 2. The monoisotopic (exact) mass is 374 g/mol. The lowest BCUT2D eigenvalue weighted by Crippen LogP contribution is -2.19. The van der Waals surface area contributed by atoms with E-state index in [1.165, 1.54) is 11.1 Å². The maximum Gasteiger partial charge on any atom is 0.118 e. The molecule has 0 radical (unpaired) electrons. The summed E-state index contributed by atoms with van der Waals surface area (Å²) in [4.78, 5) is 7.02. The average molecular weight is 374 g/mol. The van der Waals surface area contributed by atoms with Crippen LogP contribution in [0.1, 0.15) is 34.6 Å². The Morgan fingerprint density at radius 1 is 1.04 bits per heavy atom. The number of aromatic nitrogens is 1. The first-order chi connectivity index (χ1) is 13.6. The summed E-state index contributed by atoms with van der Waals surface area (Å²) in [5.41, 5.74) is 6.48. The molecule has 1 unspecified atom stereocenters. The minimum absolute atomic E-state index is 0.0617. The number of hydrogen-bond donors (Lipinski definition) is 2. The first kappa shape index (κ1) is 18.7. The highest BCUT2D eigenvalue weighted by molar-refractivity contribution is 5.60. The van der Waals surface area contributed by atoms with E-state index >= 15 is 0 Å². The van der Waals surface area contributed by atoms with Gasteiger partial charge < -0.3 is 10.2 Å². The van der Waals surface area contributed by atoms with Crippen LogP contribution >= 0.6 is 0 Å². The number of aryl methyl sites for hydroxylation is 1. The molecule has 3 aromatic rings. The molecule has 28 heavy (non-hydrogen) atoms. The second-order valence-corrected chi connectivity index (χ2v) is 7.67. The highest BCUT2D eigenvalue weighted by Crippen LogP contribution is 2.30. The lowest BCUT2D eigenvalue weighted by Gasteiger charge is -2.17. The minimum atomic E-state index is 0.0617. The quantitative estimate of drug-likeness (QED) is 0.701. The first-order valence-corrected chi connectivity index (χ1v) is 9.79. The SMILES string of the molecule is Cc1cc(CN2CCC(c3ccnc(-c4ccc(CO)cc4)c3)C2)ccc1O. The Morgan fingerprint density at radius 3 is 2.57 bits per heavy atom. The fourth-order valence-electron chi connectivity index (χ4n) is 3.96. The van der Waals surface area contributed by atoms with Crippen molar-refractivity contribution in [2.45, 2.75) is 32.4 Å². The topological polar surface area (TPSA) is 56.6 Å². The van der Waals surface area contributed by atoms with E-state index in [1.54, 1.807) is 6.07 Å². The van der Waals surface area contributed by atoms with Crippen molar-refractivity contribution in [2.75, 3.05) is 13.1 Å². The molecule has 2 aromatic carbocycles. The number of aliphatic hydroxyl groups excluding tert-OH is 1. The molecular formula is C24H26N2O2. The Balaban J connectivity index is 1.45. The Bertz CT molecular complexity index is 953. The van der Waals surface area contributed by atoms with E-state index in [-0.39, 0.29) is 6.61 Å². The average Bonchev–Trinajstić information content (AvgIpc) is 3.19. The summed E-state index contributed by atoms with van der Waals surface area (Å²) in [7, 11) is 0. The summed E-state index contributed by atoms with van der Waals surface area (Å²) in [6.07, 6.45) is 3.04. The smallest absolute Gasteiger partial charge is 0.118 e. The van der Waals surface area contributed by atoms with Gasteiger partial charge in [-0.05, 0) is 66.3 Å². The van der Waals surface area contributed by atoms with Gasteiger partial charge in [-0.15, -0.1) is 0 Å². The number of aliphatic hydroxyl groups is 1. The van der Waals surface area contributed by atoms with Crippen molar-refractivity contribution in [3.8, 4) is 17.0 Å². The van der Waals surface area contributed by atoms with E-state index in [0.29, 0.717) is 11.7 Å². The third-order valence-electron chi connectivity index (χ3n) is 5.63. The van der Waals surface area contributed by atoms with E-state index in [2.05, 4.69) is 28.1 Å². The van der Waals surface area contributed by atoms with Crippen LogP contribution < -0.4 is 0 Å². The van der Waals surface area contributed by atoms with E-state index in [9.17, 15) is 10.2 Å². The van der Waals surface area contributed by atoms with E-state index < -0.39 is 0 Å². The van der Waals surface area contributed by atoms with Crippen molar-refractivity contribution >= 4 is 0 Å². The fourth-order valence-corrected chi connectivity index (χ4v) is 3.96. The van der Waals surface area contributed by atoms with Crippen LogP contribution in [0.15, 0.2) is 60.8 Å². The van der Waals surface area contributed by atoms with Crippen molar-refractivity contribution in [3.05, 3.63) is 83.0 Å². The third kappa shape index (κ3) is 4.08. The molecule has 1 aliphatic heterocycles. The van der Waals surface area contributed by atoms with E-state index in [1.807, 2.05) is 43.5 Å². The Hall–Kier alpha value is -2.69. The van der Waals surface area contributed by atoms with Gasteiger partial charge in [0.05, 0.1) is 12.3 Å². The van der Waals surface area contributed by atoms with E-state index in [0.717, 1.165) is 48.4 Å². The van der Waals surface area contributed by atoms with Gasteiger partial charge in [0.15, 0.2) is 0 Å². The van der Waals surface area contributed by atoms with Gasteiger partial charge in [-0.1, -0.05) is 36.4 Å². The second kappa shape index (κ2) is 8.13.